The van der Waals surface area contributed by atoms with Crippen molar-refractivity contribution in [2.45, 2.75) is 45.3 Å². The lowest BCUT2D eigenvalue weighted by molar-refractivity contribution is -0.129. The molecule has 1 unspecified atom stereocenters. The van der Waals surface area contributed by atoms with Crippen LogP contribution in [0.2, 0.25) is 0 Å². The first kappa shape index (κ1) is 15.0. The van der Waals surface area contributed by atoms with Crippen LogP contribution in [0.4, 0.5) is 0 Å². The first-order valence-corrected chi connectivity index (χ1v) is 8.00. The van der Waals surface area contributed by atoms with Gasteiger partial charge in [-0.05, 0) is 50.8 Å². The van der Waals surface area contributed by atoms with E-state index in [1.165, 1.54) is 5.56 Å². The second-order valence-corrected chi connectivity index (χ2v) is 6.11. The van der Waals surface area contributed by atoms with Gasteiger partial charge in [0.15, 0.2) is 0 Å². The van der Waals surface area contributed by atoms with Crippen LogP contribution in [0.5, 0.6) is 0 Å². The molecule has 0 aliphatic carbocycles. The highest BCUT2D eigenvalue weighted by atomic mass is 16.5. The highest BCUT2D eigenvalue weighted by Crippen LogP contribution is 2.19. The minimum Gasteiger partial charge on any atom is -0.368 e. The highest BCUT2D eigenvalue weighted by molar-refractivity contribution is 5.81. The van der Waals surface area contributed by atoms with Gasteiger partial charge in [-0.1, -0.05) is 6.07 Å². The van der Waals surface area contributed by atoms with Gasteiger partial charge >= 0.3 is 0 Å². The first-order chi connectivity index (χ1) is 10.6. The number of carbonyl (C=O) groups excluding carboxylic acids is 1. The van der Waals surface area contributed by atoms with Crippen LogP contribution in [0.15, 0.2) is 24.5 Å². The average molecular weight is 301 g/mol. The van der Waals surface area contributed by atoms with Crippen molar-refractivity contribution >= 4 is 16.9 Å². The van der Waals surface area contributed by atoms with Crippen LogP contribution < -0.4 is 5.32 Å². The minimum atomic E-state index is -0.246. The fraction of sp³-hybridized carbons (Fsp3) is 0.529. The lowest BCUT2D eigenvalue weighted by Gasteiger charge is -2.11. The molecule has 22 heavy (non-hydrogen) atoms. The Morgan fingerprint density at radius 2 is 2.36 bits per heavy atom. The van der Waals surface area contributed by atoms with Gasteiger partial charge in [0, 0.05) is 19.2 Å². The molecular weight excluding hydrogens is 278 g/mol. The molecule has 5 heteroatoms. The monoisotopic (exact) mass is 301 g/mol. The Morgan fingerprint density at radius 3 is 3.09 bits per heavy atom. The Hall–Kier alpha value is -1.88. The Balaban J connectivity index is 1.58. The third-order valence-corrected chi connectivity index (χ3v) is 4.13. The molecule has 3 rings (SSSR count). The summed E-state index contributed by atoms with van der Waals surface area (Å²) < 4.78 is 7.54. The molecule has 1 saturated heterocycles. The van der Waals surface area contributed by atoms with Gasteiger partial charge in [0.2, 0.25) is 5.91 Å². The standard InChI is InChI=1S/C17H23N3O2/c1-12(2)20-11-19-14-10-13(5-6-15(14)20)7-8-18-17(21)16-4-3-9-22-16/h5-6,10-12,16H,3-4,7-9H2,1-2H3,(H,18,21). The number of carbonyl (C=O) groups is 1. The molecule has 1 fully saturated rings. The van der Waals surface area contributed by atoms with E-state index in [0.717, 1.165) is 30.3 Å². The molecule has 0 spiro atoms. The predicted octanol–water partition coefficient (Wildman–Crippen LogP) is 2.45. The van der Waals surface area contributed by atoms with E-state index < -0.39 is 0 Å². The van der Waals surface area contributed by atoms with Gasteiger partial charge in [-0.15, -0.1) is 0 Å². The van der Waals surface area contributed by atoms with Gasteiger partial charge in [-0.3, -0.25) is 4.79 Å². The van der Waals surface area contributed by atoms with Crippen molar-refractivity contribution in [3.05, 3.63) is 30.1 Å². The second-order valence-electron chi connectivity index (χ2n) is 6.11. The number of nitrogens with zero attached hydrogens (tertiary/aromatic N) is 2. The summed E-state index contributed by atoms with van der Waals surface area (Å²) in [5.41, 5.74) is 3.35. The summed E-state index contributed by atoms with van der Waals surface area (Å²) >= 11 is 0. The normalized spacial score (nSPS) is 18.2. The number of benzene rings is 1. The van der Waals surface area contributed by atoms with E-state index in [1.54, 1.807) is 0 Å². The van der Waals surface area contributed by atoms with Crippen molar-refractivity contribution in [1.29, 1.82) is 0 Å². The molecule has 0 saturated carbocycles. The Kier molecular flexibility index (Phi) is 4.43. The lowest BCUT2D eigenvalue weighted by atomic mass is 10.1. The van der Waals surface area contributed by atoms with Crippen molar-refractivity contribution in [3.8, 4) is 0 Å². The summed E-state index contributed by atoms with van der Waals surface area (Å²) in [5.74, 6) is 0.0164. The molecule has 0 bridgehead atoms. The Bertz CT molecular complexity index is 657. The number of amides is 1. The maximum Gasteiger partial charge on any atom is 0.249 e. The smallest absolute Gasteiger partial charge is 0.249 e. The van der Waals surface area contributed by atoms with Crippen molar-refractivity contribution in [2.75, 3.05) is 13.2 Å². The number of fused-ring (bicyclic) bond motifs is 1. The minimum absolute atomic E-state index is 0.0164. The highest BCUT2D eigenvalue weighted by Gasteiger charge is 2.22. The first-order valence-electron chi connectivity index (χ1n) is 8.00. The summed E-state index contributed by atoms with van der Waals surface area (Å²) in [4.78, 5) is 16.3. The fourth-order valence-electron chi connectivity index (χ4n) is 2.87. The van der Waals surface area contributed by atoms with Crippen molar-refractivity contribution in [1.82, 2.24) is 14.9 Å². The number of imidazole rings is 1. The van der Waals surface area contributed by atoms with E-state index in [4.69, 9.17) is 4.74 Å². The van der Waals surface area contributed by atoms with Gasteiger partial charge in [-0.25, -0.2) is 4.98 Å². The lowest BCUT2D eigenvalue weighted by Crippen LogP contribution is -2.35. The summed E-state index contributed by atoms with van der Waals surface area (Å²) in [7, 11) is 0. The van der Waals surface area contributed by atoms with Crippen LogP contribution in [0, 0.1) is 0 Å². The van der Waals surface area contributed by atoms with Gasteiger partial charge in [-0.2, -0.15) is 0 Å². The quantitative estimate of drug-likeness (QED) is 0.923. The molecular formula is C17H23N3O2. The predicted molar refractivity (Wildman–Crippen MR) is 85.8 cm³/mol. The summed E-state index contributed by atoms with van der Waals surface area (Å²) in [6, 6.07) is 6.73. The maximum absolute atomic E-state index is 11.9. The fourth-order valence-corrected chi connectivity index (χ4v) is 2.87. The Labute approximate surface area is 130 Å². The zero-order valence-corrected chi connectivity index (χ0v) is 13.2. The van der Waals surface area contributed by atoms with Crippen LogP contribution in [-0.4, -0.2) is 34.7 Å². The molecule has 118 valence electrons. The largest absolute Gasteiger partial charge is 0.368 e. The SMILES string of the molecule is CC(C)n1cnc2cc(CCNC(=O)C3CCCO3)ccc21. The number of rotatable bonds is 5. The van der Waals surface area contributed by atoms with E-state index in [-0.39, 0.29) is 12.0 Å². The van der Waals surface area contributed by atoms with Crippen LogP contribution in [0.1, 0.15) is 38.3 Å². The molecule has 1 atom stereocenters. The third kappa shape index (κ3) is 3.14. The van der Waals surface area contributed by atoms with Crippen LogP contribution in [0.25, 0.3) is 11.0 Å². The number of hydrogen-bond donors (Lipinski definition) is 1. The molecule has 2 heterocycles. The summed E-state index contributed by atoms with van der Waals surface area (Å²) in [5, 5.41) is 2.96. The third-order valence-electron chi connectivity index (χ3n) is 4.13. The van der Waals surface area contributed by atoms with E-state index >= 15 is 0 Å². The van der Waals surface area contributed by atoms with Gasteiger partial charge < -0.3 is 14.6 Å². The number of aromatic nitrogens is 2. The molecule has 1 aliphatic heterocycles. The number of ether oxygens (including phenoxy) is 1. The number of nitrogens with one attached hydrogen (secondary N) is 1. The second kappa shape index (κ2) is 6.48. The maximum atomic E-state index is 11.9. The molecule has 1 N–H and O–H groups in total. The van der Waals surface area contributed by atoms with Crippen molar-refractivity contribution in [2.24, 2.45) is 0 Å². The topological polar surface area (TPSA) is 56.2 Å². The molecule has 1 aromatic heterocycles. The average Bonchev–Trinajstić information content (AvgIpc) is 3.16. The van der Waals surface area contributed by atoms with E-state index in [9.17, 15) is 4.79 Å². The van der Waals surface area contributed by atoms with Crippen LogP contribution in [0.3, 0.4) is 0 Å². The molecule has 2 aromatic rings. The van der Waals surface area contributed by atoms with Gasteiger partial charge in [0.1, 0.15) is 6.10 Å². The van der Waals surface area contributed by atoms with Crippen LogP contribution in [-0.2, 0) is 16.0 Å². The van der Waals surface area contributed by atoms with Crippen LogP contribution >= 0.6 is 0 Å². The summed E-state index contributed by atoms with van der Waals surface area (Å²) in [6.45, 7) is 5.63. The van der Waals surface area contributed by atoms with Crippen molar-refractivity contribution < 1.29 is 9.53 Å². The van der Waals surface area contributed by atoms with Gasteiger partial charge in [0.05, 0.1) is 17.4 Å². The van der Waals surface area contributed by atoms with Gasteiger partial charge in [0.25, 0.3) is 0 Å². The zero-order chi connectivity index (χ0) is 15.5. The molecule has 5 nitrogen and oxygen atoms in total. The molecule has 1 aliphatic rings. The number of hydrogen-bond acceptors (Lipinski definition) is 3. The van der Waals surface area contributed by atoms with E-state index in [0.29, 0.717) is 19.2 Å². The summed E-state index contributed by atoms with van der Waals surface area (Å²) in [6.07, 6.45) is 4.27. The Morgan fingerprint density at radius 1 is 1.50 bits per heavy atom. The van der Waals surface area contributed by atoms with Crippen molar-refractivity contribution in [3.63, 3.8) is 0 Å². The van der Waals surface area contributed by atoms with E-state index in [2.05, 4.69) is 46.9 Å². The van der Waals surface area contributed by atoms with E-state index in [1.807, 2.05) is 6.33 Å². The molecule has 1 amide bonds. The zero-order valence-electron chi connectivity index (χ0n) is 13.2. The molecule has 0 radical (unpaired) electrons. The molecule has 1 aromatic carbocycles.